The number of ether oxygens (including phenoxy) is 2. The van der Waals surface area contributed by atoms with Crippen LogP contribution >= 0.6 is 0 Å². The maximum Gasteiger partial charge on any atom is 0.316 e. The van der Waals surface area contributed by atoms with Crippen LogP contribution in [0.5, 0.6) is 0 Å². The van der Waals surface area contributed by atoms with Crippen LogP contribution in [0.2, 0.25) is 0 Å². The molecule has 2 atom stereocenters. The van der Waals surface area contributed by atoms with E-state index in [0.29, 0.717) is 6.42 Å². The van der Waals surface area contributed by atoms with Gasteiger partial charge in [-0.25, -0.2) is 0 Å². The predicted molar refractivity (Wildman–Crippen MR) is 56.4 cm³/mol. The number of Topliss-reactive ketones (excluding diaryl/α,β-unsaturated/α-hetero) is 1. The smallest absolute Gasteiger partial charge is 0.316 e. The zero-order valence-electron chi connectivity index (χ0n) is 10.1. The van der Waals surface area contributed by atoms with E-state index in [9.17, 15) is 9.59 Å². The van der Waals surface area contributed by atoms with E-state index >= 15 is 0 Å². The molecular formula is C11H20O4. The highest BCUT2D eigenvalue weighted by Crippen LogP contribution is 2.18. The van der Waals surface area contributed by atoms with Gasteiger partial charge in [-0.1, -0.05) is 20.8 Å². The average Bonchev–Trinajstić information content (AvgIpc) is 2.19. The number of ketones is 1. The third-order valence-corrected chi connectivity index (χ3v) is 2.40. The van der Waals surface area contributed by atoms with Gasteiger partial charge in [0, 0.05) is 7.11 Å². The maximum absolute atomic E-state index is 11.9. The Kier molecular flexibility index (Phi) is 6.17. The second-order valence-electron chi connectivity index (χ2n) is 3.78. The van der Waals surface area contributed by atoms with Gasteiger partial charge in [0.05, 0.1) is 7.11 Å². The predicted octanol–water partition coefficient (Wildman–Crippen LogP) is 1.43. The third-order valence-electron chi connectivity index (χ3n) is 2.40. The fraction of sp³-hybridized carbons (Fsp3) is 0.818. The zero-order valence-corrected chi connectivity index (χ0v) is 10.1. The summed E-state index contributed by atoms with van der Waals surface area (Å²) in [4.78, 5) is 23.4. The Morgan fingerprint density at radius 2 is 1.73 bits per heavy atom. The van der Waals surface area contributed by atoms with E-state index in [1.54, 1.807) is 0 Å². The molecule has 0 aromatic rings. The lowest BCUT2D eigenvalue weighted by atomic mass is 9.88. The third kappa shape index (κ3) is 3.63. The van der Waals surface area contributed by atoms with Gasteiger partial charge in [0.1, 0.15) is 12.0 Å². The van der Waals surface area contributed by atoms with Gasteiger partial charge in [0.25, 0.3) is 0 Å². The number of esters is 1. The molecule has 0 amide bonds. The van der Waals surface area contributed by atoms with Crippen molar-refractivity contribution in [2.24, 2.45) is 11.8 Å². The second-order valence-corrected chi connectivity index (χ2v) is 3.78. The molecule has 0 heterocycles. The number of methoxy groups -OCH3 is 2. The van der Waals surface area contributed by atoms with Crippen molar-refractivity contribution >= 4 is 11.8 Å². The Hall–Kier alpha value is -0.900. The highest BCUT2D eigenvalue weighted by Gasteiger charge is 2.34. The molecule has 2 unspecified atom stereocenters. The molecule has 0 aliphatic carbocycles. The normalized spacial score (nSPS) is 14.8. The topological polar surface area (TPSA) is 52.6 Å². The first-order valence-corrected chi connectivity index (χ1v) is 5.13. The highest BCUT2D eigenvalue weighted by molar-refractivity contribution is 6.01. The number of hydrogen-bond donors (Lipinski definition) is 0. The van der Waals surface area contributed by atoms with E-state index in [-0.39, 0.29) is 11.7 Å². The summed E-state index contributed by atoms with van der Waals surface area (Å²) in [6.45, 7) is 5.49. The first-order valence-electron chi connectivity index (χ1n) is 5.13. The maximum atomic E-state index is 11.9. The Labute approximate surface area is 90.9 Å². The minimum Gasteiger partial charge on any atom is -0.468 e. The molecule has 4 heteroatoms. The minimum atomic E-state index is -0.722. The van der Waals surface area contributed by atoms with Gasteiger partial charge >= 0.3 is 5.97 Å². The Morgan fingerprint density at radius 1 is 1.20 bits per heavy atom. The number of carbonyl (C=O) groups is 2. The molecule has 0 rings (SSSR count). The zero-order chi connectivity index (χ0) is 12.0. The molecule has 0 N–H and O–H groups in total. The van der Waals surface area contributed by atoms with Gasteiger partial charge in [-0.2, -0.15) is 0 Å². The summed E-state index contributed by atoms with van der Waals surface area (Å²) in [5.74, 6) is -1.47. The van der Waals surface area contributed by atoms with Crippen molar-refractivity contribution in [3.63, 3.8) is 0 Å². The lowest BCUT2D eigenvalue weighted by molar-refractivity contribution is -0.154. The molecule has 0 aliphatic rings. The van der Waals surface area contributed by atoms with Crippen LogP contribution in [0.25, 0.3) is 0 Å². The summed E-state index contributed by atoms with van der Waals surface area (Å²) in [6, 6.07) is 0. The van der Waals surface area contributed by atoms with Gasteiger partial charge in [-0.3, -0.25) is 9.59 Å². The lowest BCUT2D eigenvalue weighted by Crippen LogP contribution is -2.37. The molecule has 0 saturated carbocycles. The van der Waals surface area contributed by atoms with Crippen LogP contribution in [0.1, 0.15) is 27.2 Å². The van der Waals surface area contributed by atoms with E-state index in [2.05, 4.69) is 4.74 Å². The van der Waals surface area contributed by atoms with Crippen LogP contribution < -0.4 is 0 Å². The summed E-state index contributed by atoms with van der Waals surface area (Å²) in [5.41, 5.74) is 0. The second kappa shape index (κ2) is 6.56. The number of carbonyl (C=O) groups excluding carboxylic acids is 2. The summed E-state index contributed by atoms with van der Waals surface area (Å²) < 4.78 is 9.65. The van der Waals surface area contributed by atoms with Crippen LogP contribution in [0.3, 0.4) is 0 Å². The molecule has 0 aliphatic heterocycles. The van der Waals surface area contributed by atoms with Crippen molar-refractivity contribution in [2.45, 2.75) is 33.3 Å². The van der Waals surface area contributed by atoms with Crippen LogP contribution in [0.4, 0.5) is 0 Å². The first-order chi connectivity index (χ1) is 6.99. The monoisotopic (exact) mass is 216 g/mol. The van der Waals surface area contributed by atoms with Crippen molar-refractivity contribution in [3.05, 3.63) is 0 Å². The average molecular weight is 216 g/mol. The Bertz CT molecular complexity index is 219. The van der Waals surface area contributed by atoms with Crippen LogP contribution in [-0.4, -0.2) is 32.1 Å². The lowest BCUT2D eigenvalue weighted by Gasteiger charge is -2.21. The van der Waals surface area contributed by atoms with E-state index in [0.717, 1.165) is 0 Å². The SMILES string of the molecule is CCC(OC)C(=O)C(C(=O)OC)C(C)C. The van der Waals surface area contributed by atoms with Crippen LogP contribution in [-0.2, 0) is 19.1 Å². The highest BCUT2D eigenvalue weighted by atomic mass is 16.5. The van der Waals surface area contributed by atoms with Crippen molar-refractivity contribution in [1.29, 1.82) is 0 Å². The molecule has 88 valence electrons. The molecule has 0 aromatic heterocycles. The van der Waals surface area contributed by atoms with Crippen LogP contribution in [0, 0.1) is 11.8 Å². The molecule has 0 bridgehead atoms. The van der Waals surface area contributed by atoms with Gasteiger partial charge < -0.3 is 9.47 Å². The fourth-order valence-electron chi connectivity index (χ4n) is 1.53. The molecule has 4 nitrogen and oxygen atoms in total. The van der Waals surface area contributed by atoms with E-state index in [1.165, 1.54) is 14.2 Å². The summed E-state index contributed by atoms with van der Waals surface area (Å²) in [6.07, 6.45) is 0.0479. The molecule has 15 heavy (non-hydrogen) atoms. The van der Waals surface area contributed by atoms with Crippen LogP contribution in [0.15, 0.2) is 0 Å². The standard InChI is InChI=1S/C11H20O4/c1-6-8(14-4)10(12)9(7(2)3)11(13)15-5/h7-9H,6H2,1-5H3. The molecular weight excluding hydrogens is 196 g/mol. The van der Waals surface area contributed by atoms with E-state index < -0.39 is 18.0 Å². The van der Waals surface area contributed by atoms with E-state index in [4.69, 9.17) is 4.74 Å². The first kappa shape index (κ1) is 14.1. The number of hydrogen-bond acceptors (Lipinski definition) is 4. The van der Waals surface area contributed by atoms with Crippen molar-refractivity contribution in [2.75, 3.05) is 14.2 Å². The fourth-order valence-corrected chi connectivity index (χ4v) is 1.53. The van der Waals surface area contributed by atoms with Gasteiger partial charge in [0.15, 0.2) is 5.78 Å². The van der Waals surface area contributed by atoms with Crippen molar-refractivity contribution < 1.29 is 19.1 Å². The largest absolute Gasteiger partial charge is 0.468 e. The number of rotatable bonds is 6. The van der Waals surface area contributed by atoms with Crippen molar-refractivity contribution in [3.8, 4) is 0 Å². The molecule has 0 aromatic carbocycles. The molecule has 0 fully saturated rings. The summed E-state index contributed by atoms with van der Waals surface area (Å²) in [5, 5.41) is 0. The van der Waals surface area contributed by atoms with Crippen molar-refractivity contribution in [1.82, 2.24) is 0 Å². The minimum absolute atomic E-state index is 0.0749. The molecule has 0 spiro atoms. The van der Waals surface area contributed by atoms with Gasteiger partial charge in [0.2, 0.25) is 0 Å². The van der Waals surface area contributed by atoms with Gasteiger partial charge in [-0.05, 0) is 12.3 Å². The summed E-state index contributed by atoms with van der Waals surface area (Å²) in [7, 11) is 2.76. The quantitative estimate of drug-likeness (QED) is 0.498. The molecule has 0 saturated heterocycles. The summed E-state index contributed by atoms with van der Waals surface area (Å²) >= 11 is 0. The Balaban J connectivity index is 4.76. The Morgan fingerprint density at radius 3 is 2.00 bits per heavy atom. The van der Waals surface area contributed by atoms with Gasteiger partial charge in [-0.15, -0.1) is 0 Å². The van der Waals surface area contributed by atoms with E-state index in [1.807, 2.05) is 20.8 Å². The molecule has 0 radical (unpaired) electrons.